The van der Waals surface area contributed by atoms with Crippen LogP contribution in [-0.2, 0) is 6.42 Å². The van der Waals surface area contributed by atoms with Gasteiger partial charge >= 0.3 is 0 Å². The van der Waals surface area contributed by atoms with E-state index in [-0.39, 0.29) is 0 Å². The van der Waals surface area contributed by atoms with Crippen molar-refractivity contribution in [2.24, 2.45) is 0 Å². The van der Waals surface area contributed by atoms with Gasteiger partial charge in [-0.05, 0) is 45.4 Å². The molecule has 0 spiro atoms. The van der Waals surface area contributed by atoms with Crippen molar-refractivity contribution >= 4 is 5.65 Å². The van der Waals surface area contributed by atoms with Crippen LogP contribution in [-0.4, -0.2) is 40.0 Å². The van der Waals surface area contributed by atoms with E-state index in [1.807, 2.05) is 22.6 Å². The minimum atomic E-state index is 0.613. The Balaban J connectivity index is 1.83. The van der Waals surface area contributed by atoms with E-state index < -0.39 is 0 Å². The quantitative estimate of drug-likeness (QED) is 0.865. The van der Waals surface area contributed by atoms with E-state index in [4.69, 9.17) is 9.72 Å². The van der Waals surface area contributed by atoms with Gasteiger partial charge in [0.2, 0.25) is 0 Å². The van der Waals surface area contributed by atoms with Crippen molar-refractivity contribution in [1.82, 2.24) is 14.3 Å². The number of nitrogens with zero attached hydrogens (tertiary/aromatic N) is 3. The number of rotatable bonds is 4. The normalized spacial score (nSPS) is 20.3. The highest BCUT2D eigenvalue weighted by Gasteiger charge is 2.25. The van der Waals surface area contributed by atoms with Crippen LogP contribution in [0.5, 0.6) is 5.88 Å². The Kier molecular flexibility index (Phi) is 4.15. The molecule has 4 nitrogen and oxygen atoms in total. The third-order valence-electron chi connectivity index (χ3n) is 4.49. The van der Waals surface area contributed by atoms with Crippen molar-refractivity contribution in [3.8, 4) is 5.88 Å². The second kappa shape index (κ2) is 6.06. The van der Waals surface area contributed by atoms with Crippen molar-refractivity contribution in [3.05, 3.63) is 30.1 Å². The maximum absolute atomic E-state index is 5.40. The minimum absolute atomic E-state index is 0.613. The van der Waals surface area contributed by atoms with Gasteiger partial charge in [0.25, 0.3) is 0 Å². The molecule has 0 aliphatic carbocycles. The molecular weight excluding hydrogens is 262 g/mol. The molecule has 0 aromatic carbocycles. The first kappa shape index (κ1) is 14.4. The third-order valence-corrected chi connectivity index (χ3v) is 4.49. The Bertz CT molecular complexity index is 605. The molecule has 0 radical (unpaired) electrons. The van der Waals surface area contributed by atoms with Crippen molar-refractivity contribution in [2.75, 3.05) is 13.7 Å². The summed E-state index contributed by atoms with van der Waals surface area (Å²) in [5, 5.41) is 0. The predicted molar refractivity (Wildman–Crippen MR) is 84.9 cm³/mol. The van der Waals surface area contributed by atoms with Gasteiger partial charge in [0.1, 0.15) is 5.65 Å². The van der Waals surface area contributed by atoms with Crippen molar-refractivity contribution < 1.29 is 4.74 Å². The molecule has 1 saturated heterocycles. The molecule has 1 aliphatic rings. The van der Waals surface area contributed by atoms with Gasteiger partial charge < -0.3 is 4.74 Å². The fourth-order valence-electron chi connectivity index (χ4n) is 3.46. The summed E-state index contributed by atoms with van der Waals surface area (Å²) in [6.45, 7) is 5.81. The number of aromatic nitrogens is 2. The number of fused-ring (bicyclic) bond motifs is 1. The molecule has 0 saturated carbocycles. The van der Waals surface area contributed by atoms with E-state index in [0.717, 1.165) is 23.6 Å². The van der Waals surface area contributed by atoms with Gasteiger partial charge in [-0.25, -0.2) is 4.98 Å². The van der Waals surface area contributed by atoms with Crippen LogP contribution in [0.3, 0.4) is 0 Å². The molecule has 0 amide bonds. The summed E-state index contributed by atoms with van der Waals surface area (Å²) < 4.78 is 7.44. The largest absolute Gasteiger partial charge is 0.482 e. The maximum atomic E-state index is 5.40. The Hall–Kier alpha value is -1.55. The summed E-state index contributed by atoms with van der Waals surface area (Å²) in [6, 6.07) is 7.23. The van der Waals surface area contributed by atoms with Crippen LogP contribution in [0.15, 0.2) is 24.4 Å². The van der Waals surface area contributed by atoms with Crippen LogP contribution >= 0.6 is 0 Å². The molecule has 3 heterocycles. The molecule has 1 atom stereocenters. The number of methoxy groups -OCH3 is 1. The molecule has 1 unspecified atom stereocenters. The van der Waals surface area contributed by atoms with Crippen molar-refractivity contribution in [2.45, 2.75) is 51.6 Å². The van der Waals surface area contributed by atoms with Gasteiger partial charge in [0.15, 0.2) is 5.88 Å². The topological polar surface area (TPSA) is 29.8 Å². The smallest absolute Gasteiger partial charge is 0.198 e. The first-order valence-corrected chi connectivity index (χ1v) is 7.96. The second-order valence-corrected chi connectivity index (χ2v) is 6.21. The number of piperidine rings is 1. The van der Waals surface area contributed by atoms with Crippen LogP contribution in [0.4, 0.5) is 0 Å². The fourth-order valence-corrected chi connectivity index (χ4v) is 3.46. The zero-order chi connectivity index (χ0) is 14.8. The first-order valence-electron chi connectivity index (χ1n) is 7.96. The lowest BCUT2D eigenvalue weighted by atomic mass is 9.97. The number of likely N-dealkylation sites (tertiary alicyclic amines) is 1. The molecule has 114 valence electrons. The number of imidazole rings is 1. The van der Waals surface area contributed by atoms with E-state index in [0.29, 0.717) is 12.1 Å². The summed E-state index contributed by atoms with van der Waals surface area (Å²) in [5.41, 5.74) is 2.13. The zero-order valence-electron chi connectivity index (χ0n) is 13.2. The average molecular weight is 287 g/mol. The van der Waals surface area contributed by atoms with E-state index >= 15 is 0 Å². The minimum Gasteiger partial charge on any atom is -0.482 e. The number of hydrogen-bond donors (Lipinski definition) is 0. The summed E-state index contributed by atoms with van der Waals surface area (Å²) in [5.74, 6) is 0.843. The number of hydrogen-bond acceptors (Lipinski definition) is 3. The second-order valence-electron chi connectivity index (χ2n) is 6.21. The SMILES string of the molecule is COc1cccc2nc(CC3CCCCN3C(C)C)cn12. The maximum Gasteiger partial charge on any atom is 0.198 e. The highest BCUT2D eigenvalue weighted by molar-refractivity contribution is 5.43. The summed E-state index contributed by atoms with van der Waals surface area (Å²) in [7, 11) is 1.70. The van der Waals surface area contributed by atoms with Crippen LogP contribution < -0.4 is 4.74 Å². The highest BCUT2D eigenvalue weighted by atomic mass is 16.5. The van der Waals surface area contributed by atoms with Crippen LogP contribution in [0, 0.1) is 0 Å². The molecule has 0 N–H and O–H groups in total. The van der Waals surface area contributed by atoms with Crippen molar-refractivity contribution in [1.29, 1.82) is 0 Å². The van der Waals surface area contributed by atoms with Gasteiger partial charge in [-0.1, -0.05) is 12.5 Å². The molecule has 3 rings (SSSR count). The van der Waals surface area contributed by atoms with Gasteiger partial charge in [0.05, 0.1) is 12.8 Å². The molecular formula is C17H25N3O. The molecule has 2 aromatic heterocycles. The molecule has 0 bridgehead atoms. The third kappa shape index (κ3) is 2.91. The fraction of sp³-hybridized carbons (Fsp3) is 0.588. The summed E-state index contributed by atoms with van der Waals surface area (Å²) in [4.78, 5) is 7.40. The van der Waals surface area contributed by atoms with Gasteiger partial charge in [0, 0.05) is 24.7 Å². The monoisotopic (exact) mass is 287 g/mol. The molecule has 1 aliphatic heterocycles. The van der Waals surface area contributed by atoms with Gasteiger partial charge in [-0.15, -0.1) is 0 Å². The Morgan fingerprint density at radius 2 is 2.19 bits per heavy atom. The Labute approximate surface area is 126 Å². The van der Waals surface area contributed by atoms with E-state index in [9.17, 15) is 0 Å². The van der Waals surface area contributed by atoms with E-state index in [1.165, 1.54) is 25.8 Å². The first-order chi connectivity index (χ1) is 10.2. The lowest BCUT2D eigenvalue weighted by molar-refractivity contribution is 0.111. The average Bonchev–Trinajstić information content (AvgIpc) is 2.89. The summed E-state index contributed by atoms with van der Waals surface area (Å²) in [6.07, 6.45) is 7.10. The Morgan fingerprint density at radius 3 is 2.95 bits per heavy atom. The molecule has 1 fully saturated rings. The molecule has 21 heavy (non-hydrogen) atoms. The van der Waals surface area contributed by atoms with Gasteiger partial charge in [-0.3, -0.25) is 9.30 Å². The van der Waals surface area contributed by atoms with Crippen molar-refractivity contribution in [3.63, 3.8) is 0 Å². The predicted octanol–water partition coefficient (Wildman–Crippen LogP) is 3.15. The standard InChI is InChI=1S/C17H25N3O/c1-13(2)19-10-5-4-7-15(19)11-14-12-20-16(18-14)8-6-9-17(20)21-3/h6,8-9,12-13,15H,4-5,7,10-11H2,1-3H3. The lowest BCUT2D eigenvalue weighted by Gasteiger charge is -2.38. The van der Waals surface area contributed by atoms with E-state index in [1.54, 1.807) is 7.11 Å². The van der Waals surface area contributed by atoms with Gasteiger partial charge in [-0.2, -0.15) is 0 Å². The Morgan fingerprint density at radius 1 is 1.33 bits per heavy atom. The highest BCUT2D eigenvalue weighted by Crippen LogP contribution is 2.23. The molecule has 4 heteroatoms. The van der Waals surface area contributed by atoms with Crippen LogP contribution in [0.25, 0.3) is 5.65 Å². The molecule has 2 aromatic rings. The lowest BCUT2D eigenvalue weighted by Crippen LogP contribution is -2.45. The zero-order valence-corrected chi connectivity index (χ0v) is 13.2. The number of pyridine rings is 1. The number of ether oxygens (including phenoxy) is 1. The summed E-state index contributed by atoms with van der Waals surface area (Å²) >= 11 is 0. The van der Waals surface area contributed by atoms with Crippen LogP contribution in [0.2, 0.25) is 0 Å². The van der Waals surface area contributed by atoms with E-state index in [2.05, 4.69) is 24.9 Å². The van der Waals surface area contributed by atoms with Crippen LogP contribution in [0.1, 0.15) is 38.8 Å².